The number of carbonyl (C=O) groups excluding carboxylic acids is 1. The fourth-order valence-electron chi connectivity index (χ4n) is 2.32. The van der Waals surface area contributed by atoms with Crippen LogP contribution in [0.2, 0.25) is 0 Å². The minimum atomic E-state index is 0.0366. The van der Waals surface area contributed by atoms with Gasteiger partial charge >= 0.3 is 0 Å². The predicted molar refractivity (Wildman–Crippen MR) is 88.2 cm³/mol. The SMILES string of the molecule is CCc1ccc(NC(=O)CCCc2ccccc2)cc1N. The van der Waals surface area contributed by atoms with Gasteiger partial charge in [0.05, 0.1) is 0 Å². The maximum atomic E-state index is 11.9. The third kappa shape index (κ3) is 4.63. The third-order valence-corrected chi connectivity index (χ3v) is 3.52. The average Bonchev–Trinajstić information content (AvgIpc) is 2.48. The van der Waals surface area contributed by atoms with Gasteiger partial charge in [0.2, 0.25) is 5.91 Å². The van der Waals surface area contributed by atoms with E-state index >= 15 is 0 Å². The molecule has 0 radical (unpaired) electrons. The van der Waals surface area contributed by atoms with Gasteiger partial charge < -0.3 is 11.1 Å². The summed E-state index contributed by atoms with van der Waals surface area (Å²) in [6.07, 6.45) is 3.19. The van der Waals surface area contributed by atoms with Crippen molar-refractivity contribution in [3.63, 3.8) is 0 Å². The summed E-state index contributed by atoms with van der Waals surface area (Å²) in [4.78, 5) is 11.9. The number of nitrogens with two attached hydrogens (primary N) is 1. The maximum absolute atomic E-state index is 11.9. The quantitative estimate of drug-likeness (QED) is 0.792. The van der Waals surface area contributed by atoms with E-state index in [4.69, 9.17) is 5.73 Å². The van der Waals surface area contributed by atoms with Crippen molar-refractivity contribution in [1.82, 2.24) is 0 Å². The van der Waals surface area contributed by atoms with Gasteiger partial charge in [0.1, 0.15) is 0 Å². The molecule has 3 heteroatoms. The van der Waals surface area contributed by atoms with Crippen LogP contribution < -0.4 is 11.1 Å². The van der Waals surface area contributed by atoms with Crippen LogP contribution in [0.15, 0.2) is 48.5 Å². The highest BCUT2D eigenvalue weighted by molar-refractivity contribution is 5.91. The number of hydrogen-bond donors (Lipinski definition) is 2. The largest absolute Gasteiger partial charge is 0.398 e. The van der Waals surface area contributed by atoms with Gasteiger partial charge in [0.25, 0.3) is 0 Å². The van der Waals surface area contributed by atoms with Gasteiger partial charge in [-0.05, 0) is 42.5 Å². The highest BCUT2D eigenvalue weighted by Gasteiger charge is 2.04. The normalized spacial score (nSPS) is 10.3. The molecule has 1 amide bonds. The minimum absolute atomic E-state index is 0.0366. The van der Waals surface area contributed by atoms with E-state index in [1.54, 1.807) is 0 Å². The molecule has 21 heavy (non-hydrogen) atoms. The Morgan fingerprint density at radius 2 is 1.90 bits per heavy atom. The van der Waals surface area contributed by atoms with Crippen molar-refractivity contribution < 1.29 is 4.79 Å². The molecule has 0 aromatic heterocycles. The highest BCUT2D eigenvalue weighted by atomic mass is 16.1. The molecule has 3 nitrogen and oxygen atoms in total. The highest BCUT2D eigenvalue weighted by Crippen LogP contribution is 2.18. The zero-order chi connectivity index (χ0) is 15.1. The van der Waals surface area contributed by atoms with Crippen LogP contribution in [-0.4, -0.2) is 5.91 Å². The Kier molecular flexibility index (Phi) is 5.38. The molecule has 0 unspecified atom stereocenters. The third-order valence-electron chi connectivity index (χ3n) is 3.52. The first-order valence-electron chi connectivity index (χ1n) is 7.41. The summed E-state index contributed by atoms with van der Waals surface area (Å²) in [6.45, 7) is 2.06. The fraction of sp³-hybridized carbons (Fsp3) is 0.278. The Bertz CT molecular complexity index is 593. The predicted octanol–water partition coefficient (Wildman–Crippen LogP) is 3.79. The molecule has 2 aromatic rings. The number of hydrogen-bond acceptors (Lipinski definition) is 2. The molecule has 0 spiro atoms. The van der Waals surface area contributed by atoms with Crippen LogP contribution in [0.3, 0.4) is 0 Å². The second-order valence-electron chi connectivity index (χ2n) is 5.15. The van der Waals surface area contributed by atoms with Gasteiger partial charge in [-0.3, -0.25) is 4.79 Å². The van der Waals surface area contributed by atoms with Crippen molar-refractivity contribution in [2.75, 3.05) is 11.1 Å². The minimum Gasteiger partial charge on any atom is -0.398 e. The molecule has 0 saturated heterocycles. The molecular formula is C18H22N2O. The van der Waals surface area contributed by atoms with Crippen molar-refractivity contribution in [2.24, 2.45) is 0 Å². The summed E-state index contributed by atoms with van der Waals surface area (Å²) >= 11 is 0. The lowest BCUT2D eigenvalue weighted by Gasteiger charge is -2.08. The van der Waals surface area contributed by atoms with Gasteiger partial charge in [-0.1, -0.05) is 43.3 Å². The molecule has 110 valence electrons. The summed E-state index contributed by atoms with van der Waals surface area (Å²) < 4.78 is 0. The van der Waals surface area contributed by atoms with Crippen LogP contribution in [-0.2, 0) is 17.6 Å². The Morgan fingerprint density at radius 1 is 1.14 bits per heavy atom. The number of rotatable bonds is 6. The zero-order valence-corrected chi connectivity index (χ0v) is 12.4. The van der Waals surface area contributed by atoms with Crippen molar-refractivity contribution in [3.05, 3.63) is 59.7 Å². The molecule has 2 rings (SSSR count). The first-order valence-corrected chi connectivity index (χ1v) is 7.41. The summed E-state index contributed by atoms with van der Waals surface area (Å²) in [7, 11) is 0. The van der Waals surface area contributed by atoms with Crippen molar-refractivity contribution in [2.45, 2.75) is 32.6 Å². The van der Waals surface area contributed by atoms with E-state index < -0.39 is 0 Å². The molecular weight excluding hydrogens is 260 g/mol. The Hall–Kier alpha value is -2.29. The van der Waals surface area contributed by atoms with Gasteiger partial charge in [-0.2, -0.15) is 0 Å². The Balaban J connectivity index is 1.80. The van der Waals surface area contributed by atoms with Gasteiger partial charge in [-0.15, -0.1) is 0 Å². The van der Waals surface area contributed by atoms with E-state index in [1.165, 1.54) is 5.56 Å². The smallest absolute Gasteiger partial charge is 0.224 e. The van der Waals surface area contributed by atoms with Crippen LogP contribution in [0.5, 0.6) is 0 Å². The lowest BCUT2D eigenvalue weighted by Crippen LogP contribution is -2.12. The van der Waals surface area contributed by atoms with E-state index in [2.05, 4.69) is 24.4 Å². The number of carbonyl (C=O) groups is 1. The topological polar surface area (TPSA) is 55.1 Å². The van der Waals surface area contributed by atoms with E-state index in [0.717, 1.165) is 36.2 Å². The molecule has 0 fully saturated rings. The summed E-state index contributed by atoms with van der Waals surface area (Å²) in [5.74, 6) is 0.0366. The van der Waals surface area contributed by atoms with Gasteiger partial charge in [0, 0.05) is 17.8 Å². The Labute approximate surface area is 126 Å². The van der Waals surface area contributed by atoms with E-state index in [-0.39, 0.29) is 5.91 Å². The molecule has 0 bridgehead atoms. The molecule has 3 N–H and O–H groups in total. The monoisotopic (exact) mass is 282 g/mol. The lowest BCUT2D eigenvalue weighted by molar-refractivity contribution is -0.116. The first-order chi connectivity index (χ1) is 10.2. The average molecular weight is 282 g/mol. The number of amides is 1. The lowest BCUT2D eigenvalue weighted by atomic mass is 10.1. The van der Waals surface area contributed by atoms with Crippen molar-refractivity contribution in [3.8, 4) is 0 Å². The van der Waals surface area contributed by atoms with E-state index in [9.17, 15) is 4.79 Å². The number of anilines is 2. The second kappa shape index (κ2) is 7.48. The number of aryl methyl sites for hydroxylation is 2. The van der Waals surface area contributed by atoms with Crippen LogP contribution in [0.1, 0.15) is 30.9 Å². The molecule has 2 aromatic carbocycles. The summed E-state index contributed by atoms with van der Waals surface area (Å²) in [5.41, 5.74) is 9.81. The molecule has 0 atom stereocenters. The maximum Gasteiger partial charge on any atom is 0.224 e. The van der Waals surface area contributed by atoms with Gasteiger partial charge in [0.15, 0.2) is 0 Å². The Morgan fingerprint density at radius 3 is 2.57 bits per heavy atom. The number of nitrogens with one attached hydrogen (secondary N) is 1. The number of benzene rings is 2. The first kappa shape index (κ1) is 15.1. The van der Waals surface area contributed by atoms with E-state index in [0.29, 0.717) is 6.42 Å². The number of nitrogen functional groups attached to an aromatic ring is 1. The second-order valence-corrected chi connectivity index (χ2v) is 5.15. The van der Waals surface area contributed by atoms with Crippen molar-refractivity contribution in [1.29, 1.82) is 0 Å². The zero-order valence-electron chi connectivity index (χ0n) is 12.4. The summed E-state index contributed by atoms with van der Waals surface area (Å²) in [5, 5.41) is 2.90. The molecule has 0 aliphatic rings. The van der Waals surface area contributed by atoms with Crippen LogP contribution in [0.4, 0.5) is 11.4 Å². The molecule has 0 aliphatic carbocycles. The standard InChI is InChI=1S/C18H22N2O/c1-2-15-11-12-16(13-17(15)19)20-18(21)10-6-9-14-7-4-3-5-8-14/h3-5,7-8,11-13H,2,6,9-10,19H2,1H3,(H,20,21). The van der Waals surface area contributed by atoms with Gasteiger partial charge in [-0.25, -0.2) is 0 Å². The van der Waals surface area contributed by atoms with Crippen molar-refractivity contribution >= 4 is 17.3 Å². The van der Waals surface area contributed by atoms with Crippen LogP contribution >= 0.6 is 0 Å². The molecule has 0 saturated carbocycles. The molecule has 0 heterocycles. The molecule has 0 aliphatic heterocycles. The van der Waals surface area contributed by atoms with Crippen LogP contribution in [0.25, 0.3) is 0 Å². The van der Waals surface area contributed by atoms with E-state index in [1.807, 2.05) is 36.4 Å². The summed E-state index contributed by atoms with van der Waals surface area (Å²) in [6, 6.07) is 15.9. The van der Waals surface area contributed by atoms with Crippen LogP contribution in [0, 0.1) is 0 Å². The fourth-order valence-corrected chi connectivity index (χ4v) is 2.32.